The van der Waals surface area contributed by atoms with E-state index in [1.807, 2.05) is 20.1 Å². The van der Waals surface area contributed by atoms with Gasteiger partial charge >= 0.3 is 17.9 Å². The lowest BCUT2D eigenvalue weighted by Gasteiger charge is -2.07. The standard InChI is InChI=1S/C6H13NO2.C5H11NO2S.C5H11NO2/c1-4(2)3-5(7)6(8)9;1-9-3-2-4(6)5(7)8;1-3(2)4(6)5(7)8/h4-5H,3,7H2,1-2H3,(H,8,9);4H,2-3,6H2,1H3,(H,7,8);3-4H,6H2,1-2H3,(H,7,8)/t5-;2*4-/m000/s1. The lowest BCUT2D eigenvalue weighted by molar-refractivity contribution is -0.140. The van der Waals surface area contributed by atoms with Gasteiger partial charge in [-0.2, -0.15) is 11.8 Å². The molecule has 26 heavy (non-hydrogen) atoms. The van der Waals surface area contributed by atoms with Gasteiger partial charge in [0.1, 0.15) is 18.1 Å². The Labute approximate surface area is 159 Å². The highest BCUT2D eigenvalue weighted by atomic mass is 32.2. The number of thioether (sulfide) groups is 1. The van der Waals surface area contributed by atoms with Crippen molar-refractivity contribution in [2.75, 3.05) is 12.0 Å². The largest absolute Gasteiger partial charge is 0.480 e. The first kappa shape index (κ1) is 29.4. The molecule has 9 nitrogen and oxygen atoms in total. The van der Waals surface area contributed by atoms with Crippen LogP contribution in [0.1, 0.15) is 40.5 Å². The Kier molecular flexibility index (Phi) is 19.3. The molecule has 0 bridgehead atoms. The Bertz CT molecular complexity index is 407. The summed E-state index contributed by atoms with van der Waals surface area (Å²) in [4.78, 5) is 30.2. The van der Waals surface area contributed by atoms with Crippen LogP contribution in [0, 0.1) is 11.8 Å². The van der Waals surface area contributed by atoms with E-state index in [-0.39, 0.29) is 5.92 Å². The predicted molar refractivity (Wildman–Crippen MR) is 104 cm³/mol. The number of hydrogen-bond acceptors (Lipinski definition) is 7. The van der Waals surface area contributed by atoms with Crippen molar-refractivity contribution >= 4 is 29.7 Å². The van der Waals surface area contributed by atoms with E-state index in [9.17, 15) is 14.4 Å². The van der Waals surface area contributed by atoms with E-state index in [2.05, 4.69) is 0 Å². The molecule has 3 atom stereocenters. The quantitative estimate of drug-likeness (QED) is 0.322. The van der Waals surface area contributed by atoms with E-state index in [1.165, 1.54) is 0 Å². The van der Waals surface area contributed by atoms with Crippen LogP contribution in [-0.2, 0) is 14.4 Å². The predicted octanol–water partition coefficient (Wildman–Crippen LogP) is 0.650. The molecule has 0 aromatic rings. The molecule has 0 spiro atoms. The molecule has 9 N–H and O–H groups in total. The van der Waals surface area contributed by atoms with Crippen molar-refractivity contribution in [1.29, 1.82) is 0 Å². The van der Waals surface area contributed by atoms with E-state index < -0.39 is 36.0 Å². The van der Waals surface area contributed by atoms with Gasteiger partial charge in [-0.3, -0.25) is 14.4 Å². The first-order valence-corrected chi connectivity index (χ1v) is 9.61. The van der Waals surface area contributed by atoms with Crippen molar-refractivity contribution in [3.05, 3.63) is 0 Å². The van der Waals surface area contributed by atoms with Gasteiger partial charge in [0.2, 0.25) is 0 Å². The van der Waals surface area contributed by atoms with Gasteiger partial charge in [-0.05, 0) is 36.7 Å². The highest BCUT2D eigenvalue weighted by molar-refractivity contribution is 7.98. The molecule has 0 aromatic carbocycles. The Balaban J connectivity index is -0.000000306. The van der Waals surface area contributed by atoms with Crippen molar-refractivity contribution in [2.24, 2.45) is 29.0 Å². The van der Waals surface area contributed by atoms with Gasteiger partial charge in [0.15, 0.2) is 0 Å². The second kappa shape index (κ2) is 17.1. The fourth-order valence-corrected chi connectivity index (χ4v) is 1.75. The molecule has 0 aliphatic heterocycles. The average Bonchev–Trinajstić information content (AvgIpc) is 2.51. The van der Waals surface area contributed by atoms with E-state index in [0.717, 1.165) is 5.75 Å². The maximum absolute atomic E-state index is 10.1. The minimum absolute atomic E-state index is 0.0208. The fourth-order valence-electron chi connectivity index (χ4n) is 1.26. The Morgan fingerprint density at radius 2 is 1.27 bits per heavy atom. The SMILES string of the molecule is CC(C)C[C@H](N)C(=O)O.CC(C)[C@H](N)C(=O)O.CSCC[C@H](N)C(=O)O. The number of carboxylic acids is 3. The summed E-state index contributed by atoms with van der Waals surface area (Å²) < 4.78 is 0. The number of nitrogens with two attached hydrogens (primary N) is 3. The molecule has 0 fully saturated rings. The van der Waals surface area contributed by atoms with Crippen LogP contribution in [0.5, 0.6) is 0 Å². The Hall–Kier alpha value is -1.36. The molecular weight excluding hydrogens is 362 g/mol. The Morgan fingerprint density at radius 1 is 0.846 bits per heavy atom. The minimum Gasteiger partial charge on any atom is -0.480 e. The van der Waals surface area contributed by atoms with Crippen LogP contribution in [0.3, 0.4) is 0 Å². The van der Waals surface area contributed by atoms with Gasteiger partial charge in [0.05, 0.1) is 0 Å². The van der Waals surface area contributed by atoms with Crippen LogP contribution in [0.15, 0.2) is 0 Å². The molecule has 0 aliphatic rings. The zero-order valence-electron chi connectivity index (χ0n) is 16.2. The summed E-state index contributed by atoms with van der Waals surface area (Å²) in [5.74, 6) is -1.57. The van der Waals surface area contributed by atoms with Crippen LogP contribution in [0.4, 0.5) is 0 Å². The zero-order valence-corrected chi connectivity index (χ0v) is 17.0. The van der Waals surface area contributed by atoms with Crippen LogP contribution in [-0.4, -0.2) is 63.4 Å². The third-order valence-electron chi connectivity index (χ3n) is 3.00. The minimum atomic E-state index is -0.931. The molecule has 0 saturated heterocycles. The van der Waals surface area contributed by atoms with Crippen LogP contribution < -0.4 is 17.2 Å². The summed E-state index contributed by atoms with van der Waals surface area (Å²) in [6.07, 6.45) is 3.03. The molecule has 0 rings (SSSR count). The summed E-state index contributed by atoms with van der Waals surface area (Å²) in [6.45, 7) is 7.45. The monoisotopic (exact) mass is 397 g/mol. The second-order valence-electron chi connectivity index (χ2n) is 6.41. The van der Waals surface area contributed by atoms with Crippen LogP contribution in [0.25, 0.3) is 0 Å². The first-order valence-electron chi connectivity index (χ1n) is 8.21. The summed E-state index contributed by atoms with van der Waals surface area (Å²) in [7, 11) is 0. The number of rotatable bonds is 9. The van der Waals surface area contributed by atoms with Gasteiger partial charge in [0, 0.05) is 0 Å². The maximum Gasteiger partial charge on any atom is 0.320 e. The average molecular weight is 398 g/mol. The molecule has 0 unspecified atom stereocenters. The maximum atomic E-state index is 10.1. The zero-order chi connectivity index (χ0) is 21.4. The molecule has 156 valence electrons. The van der Waals surface area contributed by atoms with Crippen molar-refractivity contribution in [3.8, 4) is 0 Å². The molecule has 0 aliphatic carbocycles. The van der Waals surface area contributed by atoms with Gasteiger partial charge in [-0.25, -0.2) is 0 Å². The molecule has 10 heteroatoms. The lowest BCUT2D eigenvalue weighted by Crippen LogP contribution is -2.34. The van der Waals surface area contributed by atoms with Crippen molar-refractivity contribution < 1.29 is 29.7 Å². The molecular formula is C16H35N3O6S. The highest BCUT2D eigenvalue weighted by Crippen LogP contribution is 2.01. The molecule has 0 aromatic heterocycles. The van der Waals surface area contributed by atoms with Gasteiger partial charge in [0.25, 0.3) is 0 Å². The third-order valence-corrected chi connectivity index (χ3v) is 3.64. The van der Waals surface area contributed by atoms with Crippen LogP contribution >= 0.6 is 11.8 Å². The first-order chi connectivity index (χ1) is 11.8. The molecule has 0 heterocycles. The van der Waals surface area contributed by atoms with E-state index in [1.54, 1.807) is 25.6 Å². The summed E-state index contributed by atoms with van der Waals surface area (Å²) in [6, 6.07) is -2.09. The van der Waals surface area contributed by atoms with Crippen LogP contribution in [0.2, 0.25) is 0 Å². The summed E-state index contributed by atoms with van der Waals surface area (Å²) in [5.41, 5.74) is 15.6. The third kappa shape index (κ3) is 20.7. The van der Waals surface area contributed by atoms with E-state index >= 15 is 0 Å². The lowest BCUT2D eigenvalue weighted by atomic mass is 10.1. The molecule has 0 amide bonds. The smallest absolute Gasteiger partial charge is 0.320 e. The molecule has 0 saturated carbocycles. The summed E-state index contributed by atoms with van der Waals surface area (Å²) >= 11 is 1.60. The van der Waals surface area contributed by atoms with Gasteiger partial charge < -0.3 is 32.5 Å². The highest BCUT2D eigenvalue weighted by Gasteiger charge is 2.14. The normalized spacial score (nSPS) is 13.6. The van der Waals surface area contributed by atoms with Crippen molar-refractivity contribution in [3.63, 3.8) is 0 Å². The van der Waals surface area contributed by atoms with E-state index in [0.29, 0.717) is 18.8 Å². The van der Waals surface area contributed by atoms with Gasteiger partial charge in [-0.1, -0.05) is 27.7 Å². The second-order valence-corrected chi connectivity index (χ2v) is 7.39. The summed E-state index contributed by atoms with van der Waals surface area (Å²) in [5, 5.41) is 24.8. The topological polar surface area (TPSA) is 190 Å². The fraction of sp³-hybridized carbons (Fsp3) is 0.812. The number of aliphatic carboxylic acids is 3. The molecule has 0 radical (unpaired) electrons. The van der Waals surface area contributed by atoms with Crippen molar-refractivity contribution in [1.82, 2.24) is 0 Å². The number of carboxylic acid groups (broad SMARTS) is 3. The Morgan fingerprint density at radius 3 is 1.42 bits per heavy atom. The van der Waals surface area contributed by atoms with Gasteiger partial charge in [-0.15, -0.1) is 0 Å². The number of carbonyl (C=O) groups is 3. The van der Waals surface area contributed by atoms with Crippen molar-refractivity contribution in [2.45, 2.75) is 58.7 Å². The van der Waals surface area contributed by atoms with E-state index in [4.69, 9.17) is 32.5 Å². The number of hydrogen-bond donors (Lipinski definition) is 6.